The molecule has 1 unspecified atom stereocenters. The van der Waals surface area contributed by atoms with E-state index in [-0.39, 0.29) is 0 Å². The van der Waals surface area contributed by atoms with E-state index in [4.69, 9.17) is 15.0 Å². The van der Waals surface area contributed by atoms with E-state index >= 15 is 0 Å². The first-order valence-electron chi connectivity index (χ1n) is 5.67. The van der Waals surface area contributed by atoms with E-state index < -0.39 is 0 Å². The van der Waals surface area contributed by atoms with E-state index in [0.717, 1.165) is 26.1 Å². The standard InChI is InChI=1S/C10H18N4O2/c1-2-8-6-14(3-4-15-8)7-9-12-10(5-11)16-13-9/h8H,2-7,11H2,1H3. The summed E-state index contributed by atoms with van der Waals surface area (Å²) in [5.41, 5.74) is 5.41. The fraction of sp³-hybridized carbons (Fsp3) is 0.800. The lowest BCUT2D eigenvalue weighted by molar-refractivity contribution is -0.0333. The maximum atomic E-state index is 5.60. The van der Waals surface area contributed by atoms with Crippen molar-refractivity contribution in [1.82, 2.24) is 15.0 Å². The molecule has 0 spiro atoms. The van der Waals surface area contributed by atoms with E-state index in [0.29, 0.717) is 30.9 Å². The van der Waals surface area contributed by atoms with Crippen LogP contribution >= 0.6 is 0 Å². The van der Waals surface area contributed by atoms with Crippen LogP contribution in [0.3, 0.4) is 0 Å². The second kappa shape index (κ2) is 5.38. The molecule has 1 fully saturated rings. The number of aromatic nitrogens is 2. The highest BCUT2D eigenvalue weighted by molar-refractivity contribution is 4.86. The highest BCUT2D eigenvalue weighted by Gasteiger charge is 2.20. The predicted octanol–water partition coefficient (Wildman–Crippen LogP) is 0.139. The average Bonchev–Trinajstić information content (AvgIpc) is 2.77. The molecule has 0 saturated carbocycles. The van der Waals surface area contributed by atoms with Crippen LogP contribution in [0.5, 0.6) is 0 Å². The van der Waals surface area contributed by atoms with Crippen LogP contribution in [-0.4, -0.2) is 40.8 Å². The van der Waals surface area contributed by atoms with Crippen molar-refractivity contribution in [3.05, 3.63) is 11.7 Å². The summed E-state index contributed by atoms with van der Waals surface area (Å²) in [4.78, 5) is 6.47. The fourth-order valence-electron chi connectivity index (χ4n) is 1.81. The van der Waals surface area contributed by atoms with E-state index in [9.17, 15) is 0 Å². The second-order valence-corrected chi connectivity index (χ2v) is 3.94. The monoisotopic (exact) mass is 226 g/mol. The molecule has 16 heavy (non-hydrogen) atoms. The van der Waals surface area contributed by atoms with Crippen LogP contribution in [0.25, 0.3) is 0 Å². The summed E-state index contributed by atoms with van der Waals surface area (Å²) in [5, 5.41) is 3.88. The van der Waals surface area contributed by atoms with Crippen LogP contribution in [-0.2, 0) is 17.8 Å². The molecule has 0 aliphatic carbocycles. The Labute approximate surface area is 94.7 Å². The minimum absolute atomic E-state index is 0.299. The zero-order valence-electron chi connectivity index (χ0n) is 9.56. The first-order valence-corrected chi connectivity index (χ1v) is 5.67. The van der Waals surface area contributed by atoms with Crippen molar-refractivity contribution in [3.63, 3.8) is 0 Å². The van der Waals surface area contributed by atoms with Crippen molar-refractivity contribution in [2.24, 2.45) is 5.73 Å². The Morgan fingerprint density at radius 3 is 3.12 bits per heavy atom. The maximum absolute atomic E-state index is 5.60. The molecule has 1 aliphatic heterocycles. The van der Waals surface area contributed by atoms with Crippen LogP contribution < -0.4 is 5.73 Å². The van der Waals surface area contributed by atoms with Gasteiger partial charge in [-0.1, -0.05) is 12.1 Å². The fourth-order valence-corrected chi connectivity index (χ4v) is 1.81. The third-order valence-electron chi connectivity index (χ3n) is 2.73. The van der Waals surface area contributed by atoms with Crippen molar-refractivity contribution >= 4 is 0 Å². The number of hydrogen-bond acceptors (Lipinski definition) is 6. The molecule has 6 heteroatoms. The summed E-state index contributed by atoms with van der Waals surface area (Å²) in [5.74, 6) is 1.20. The van der Waals surface area contributed by atoms with Crippen molar-refractivity contribution in [3.8, 4) is 0 Å². The normalized spacial score (nSPS) is 22.5. The molecule has 6 nitrogen and oxygen atoms in total. The van der Waals surface area contributed by atoms with E-state index in [1.54, 1.807) is 0 Å². The summed E-state index contributed by atoms with van der Waals surface area (Å²) in [6.45, 7) is 5.78. The van der Waals surface area contributed by atoms with Gasteiger partial charge < -0.3 is 15.0 Å². The summed E-state index contributed by atoms with van der Waals surface area (Å²) < 4.78 is 10.6. The maximum Gasteiger partial charge on any atom is 0.240 e. The van der Waals surface area contributed by atoms with Gasteiger partial charge in [-0.05, 0) is 6.42 Å². The lowest BCUT2D eigenvalue weighted by Gasteiger charge is -2.31. The van der Waals surface area contributed by atoms with Crippen molar-refractivity contribution < 1.29 is 9.26 Å². The molecule has 1 saturated heterocycles. The third kappa shape index (κ3) is 2.78. The highest BCUT2D eigenvalue weighted by atomic mass is 16.5. The molecule has 90 valence electrons. The van der Waals surface area contributed by atoms with E-state index in [1.807, 2.05) is 0 Å². The molecule has 2 rings (SSSR count). The van der Waals surface area contributed by atoms with Crippen LogP contribution in [0.4, 0.5) is 0 Å². The molecule has 1 aliphatic rings. The van der Waals surface area contributed by atoms with Gasteiger partial charge in [0.25, 0.3) is 0 Å². The number of rotatable bonds is 4. The van der Waals surface area contributed by atoms with Gasteiger partial charge in [-0.2, -0.15) is 4.98 Å². The van der Waals surface area contributed by atoms with Crippen molar-refractivity contribution in [2.45, 2.75) is 32.5 Å². The smallest absolute Gasteiger partial charge is 0.240 e. The quantitative estimate of drug-likeness (QED) is 0.786. The molecule has 1 aromatic heterocycles. The Balaban J connectivity index is 1.88. The average molecular weight is 226 g/mol. The zero-order chi connectivity index (χ0) is 11.4. The van der Waals surface area contributed by atoms with Gasteiger partial charge in [0.05, 0.1) is 25.8 Å². The zero-order valence-corrected chi connectivity index (χ0v) is 9.56. The van der Waals surface area contributed by atoms with Gasteiger partial charge >= 0.3 is 0 Å². The first kappa shape index (κ1) is 11.5. The van der Waals surface area contributed by atoms with Crippen molar-refractivity contribution in [1.29, 1.82) is 0 Å². The van der Waals surface area contributed by atoms with Crippen molar-refractivity contribution in [2.75, 3.05) is 19.7 Å². The minimum Gasteiger partial charge on any atom is -0.376 e. The predicted molar refractivity (Wildman–Crippen MR) is 57.5 cm³/mol. The Morgan fingerprint density at radius 1 is 1.56 bits per heavy atom. The van der Waals surface area contributed by atoms with Crippen LogP contribution in [0.15, 0.2) is 4.52 Å². The lowest BCUT2D eigenvalue weighted by Crippen LogP contribution is -2.41. The first-order chi connectivity index (χ1) is 7.81. The largest absolute Gasteiger partial charge is 0.376 e. The molecular formula is C10H18N4O2. The van der Waals surface area contributed by atoms with Gasteiger partial charge in [-0.25, -0.2) is 0 Å². The molecule has 1 aromatic rings. The van der Waals surface area contributed by atoms with Gasteiger partial charge in [-0.15, -0.1) is 0 Å². The van der Waals surface area contributed by atoms with Crippen LogP contribution in [0.1, 0.15) is 25.1 Å². The lowest BCUT2D eigenvalue weighted by atomic mass is 10.2. The molecule has 1 atom stereocenters. The Hall–Kier alpha value is -0.980. The Bertz CT molecular complexity index is 328. The summed E-state index contributed by atoms with van der Waals surface area (Å²) in [7, 11) is 0. The SMILES string of the molecule is CCC1CN(Cc2noc(CN)n2)CCO1. The Kier molecular flexibility index (Phi) is 3.87. The number of ether oxygens (including phenoxy) is 1. The molecule has 0 aromatic carbocycles. The molecule has 0 radical (unpaired) electrons. The molecule has 0 amide bonds. The topological polar surface area (TPSA) is 77.4 Å². The second-order valence-electron chi connectivity index (χ2n) is 3.94. The van der Waals surface area contributed by atoms with Crippen LogP contribution in [0, 0.1) is 0 Å². The minimum atomic E-state index is 0.299. The van der Waals surface area contributed by atoms with Gasteiger partial charge in [0.1, 0.15) is 0 Å². The Morgan fingerprint density at radius 2 is 2.44 bits per heavy atom. The van der Waals surface area contributed by atoms with E-state index in [2.05, 4.69) is 22.0 Å². The molecule has 2 N–H and O–H groups in total. The van der Waals surface area contributed by atoms with Gasteiger partial charge in [0.15, 0.2) is 5.82 Å². The summed E-state index contributed by atoms with van der Waals surface area (Å²) >= 11 is 0. The highest BCUT2D eigenvalue weighted by Crippen LogP contribution is 2.10. The van der Waals surface area contributed by atoms with Gasteiger partial charge in [0, 0.05) is 13.1 Å². The molecular weight excluding hydrogens is 208 g/mol. The number of morpholine rings is 1. The molecule has 2 heterocycles. The van der Waals surface area contributed by atoms with E-state index in [1.165, 1.54) is 0 Å². The third-order valence-corrected chi connectivity index (χ3v) is 2.73. The van der Waals surface area contributed by atoms with Gasteiger partial charge in [-0.3, -0.25) is 4.90 Å². The summed E-state index contributed by atoms with van der Waals surface area (Å²) in [6, 6.07) is 0. The number of nitrogens with zero attached hydrogens (tertiary/aromatic N) is 3. The molecule has 0 bridgehead atoms. The van der Waals surface area contributed by atoms with Crippen LogP contribution in [0.2, 0.25) is 0 Å². The summed E-state index contributed by atoms with van der Waals surface area (Å²) in [6.07, 6.45) is 1.37. The number of nitrogens with two attached hydrogens (primary N) is 1. The number of hydrogen-bond donors (Lipinski definition) is 1. The van der Waals surface area contributed by atoms with Gasteiger partial charge in [0.2, 0.25) is 5.89 Å².